The average Bonchev–Trinajstić information content (AvgIpc) is 2.67. The molecule has 27 heavy (non-hydrogen) atoms. The van der Waals surface area contributed by atoms with E-state index >= 15 is 0 Å². The topological polar surface area (TPSA) is 82.5 Å². The molecule has 1 aliphatic rings. The number of pyridine rings is 1. The smallest absolute Gasteiger partial charge is 0.246 e. The number of sulfonamides is 1. The summed E-state index contributed by atoms with van der Waals surface area (Å²) in [7, 11) is -3.65. The minimum atomic E-state index is -3.65. The Hall–Kier alpha value is -1.38. The highest BCUT2D eigenvalue weighted by Crippen LogP contribution is 2.31. The van der Waals surface area contributed by atoms with Gasteiger partial charge in [0.25, 0.3) is 0 Å². The summed E-state index contributed by atoms with van der Waals surface area (Å²) in [6.45, 7) is 1.03. The summed E-state index contributed by atoms with van der Waals surface area (Å²) in [6, 6.07) is 8.08. The summed E-state index contributed by atoms with van der Waals surface area (Å²) in [6.07, 6.45) is 3.23. The lowest BCUT2D eigenvalue weighted by atomic mass is 10.1. The molecule has 0 amide bonds. The van der Waals surface area contributed by atoms with Crippen molar-refractivity contribution >= 4 is 39.0 Å². The molecule has 2 aromatic rings. The standard InChI is InChI=1S/C18H21Cl2N3O3S/c19-13-6-4-7-14(20)17(13)15(24)12-22-18-16(8-5-9-21-18)27(25,26)23-10-2-1-3-11-23/h4-9,15,24H,1-3,10-12H2,(H,21,22). The maximum atomic E-state index is 13.0. The van der Waals surface area contributed by atoms with Gasteiger partial charge < -0.3 is 10.4 Å². The van der Waals surface area contributed by atoms with Gasteiger partial charge in [-0.25, -0.2) is 13.4 Å². The van der Waals surface area contributed by atoms with Gasteiger partial charge in [0.15, 0.2) is 0 Å². The van der Waals surface area contributed by atoms with Crippen LogP contribution >= 0.6 is 23.2 Å². The first-order chi connectivity index (χ1) is 12.9. The van der Waals surface area contributed by atoms with Crippen LogP contribution in [0.4, 0.5) is 5.82 Å². The monoisotopic (exact) mass is 429 g/mol. The molecule has 0 aliphatic carbocycles. The largest absolute Gasteiger partial charge is 0.386 e. The Balaban J connectivity index is 1.80. The average molecular weight is 430 g/mol. The molecule has 0 bridgehead atoms. The molecule has 0 spiro atoms. The predicted molar refractivity (Wildman–Crippen MR) is 107 cm³/mol. The van der Waals surface area contributed by atoms with Crippen molar-refractivity contribution in [1.82, 2.24) is 9.29 Å². The number of anilines is 1. The van der Waals surface area contributed by atoms with E-state index in [1.165, 1.54) is 16.6 Å². The van der Waals surface area contributed by atoms with Crippen molar-refractivity contribution < 1.29 is 13.5 Å². The zero-order valence-corrected chi connectivity index (χ0v) is 16.9. The second-order valence-electron chi connectivity index (χ2n) is 6.35. The Labute approximate surface area is 169 Å². The van der Waals surface area contributed by atoms with Crippen LogP contribution in [0.25, 0.3) is 0 Å². The molecule has 2 heterocycles. The minimum absolute atomic E-state index is 0.0169. The number of piperidine rings is 1. The number of aliphatic hydroxyl groups excluding tert-OH is 1. The fourth-order valence-corrected chi connectivity index (χ4v) is 5.39. The molecule has 1 aromatic carbocycles. The molecule has 146 valence electrons. The van der Waals surface area contributed by atoms with Gasteiger partial charge in [0.2, 0.25) is 10.0 Å². The number of benzene rings is 1. The summed E-state index contributed by atoms with van der Waals surface area (Å²) in [5, 5.41) is 14.1. The Morgan fingerprint density at radius 3 is 2.44 bits per heavy atom. The van der Waals surface area contributed by atoms with E-state index < -0.39 is 16.1 Å². The first-order valence-electron chi connectivity index (χ1n) is 8.72. The van der Waals surface area contributed by atoms with Gasteiger partial charge in [-0.15, -0.1) is 0 Å². The quantitative estimate of drug-likeness (QED) is 0.730. The summed E-state index contributed by atoms with van der Waals surface area (Å²) in [5.74, 6) is 0.199. The first kappa shape index (κ1) is 20.4. The van der Waals surface area contributed by atoms with Crippen LogP contribution in [-0.2, 0) is 10.0 Å². The molecule has 1 aromatic heterocycles. The van der Waals surface area contributed by atoms with E-state index in [4.69, 9.17) is 23.2 Å². The van der Waals surface area contributed by atoms with Crippen molar-refractivity contribution in [3.63, 3.8) is 0 Å². The summed E-state index contributed by atoms with van der Waals surface area (Å²) in [4.78, 5) is 4.26. The first-order valence-corrected chi connectivity index (χ1v) is 10.9. The van der Waals surface area contributed by atoms with Gasteiger partial charge in [0, 0.05) is 41.4 Å². The van der Waals surface area contributed by atoms with Gasteiger partial charge in [-0.05, 0) is 37.1 Å². The van der Waals surface area contributed by atoms with Crippen LogP contribution in [0.15, 0.2) is 41.4 Å². The van der Waals surface area contributed by atoms with Crippen LogP contribution in [0.2, 0.25) is 10.0 Å². The van der Waals surface area contributed by atoms with Crippen molar-refractivity contribution in [3.05, 3.63) is 52.1 Å². The summed E-state index contributed by atoms with van der Waals surface area (Å²) in [5.41, 5.74) is 0.393. The predicted octanol–water partition coefficient (Wildman–Crippen LogP) is 3.71. The fraction of sp³-hybridized carbons (Fsp3) is 0.389. The lowest BCUT2D eigenvalue weighted by Crippen LogP contribution is -2.36. The van der Waals surface area contributed by atoms with E-state index in [1.54, 1.807) is 24.3 Å². The van der Waals surface area contributed by atoms with E-state index in [0.29, 0.717) is 28.7 Å². The molecular weight excluding hydrogens is 409 g/mol. The molecule has 1 aliphatic heterocycles. The van der Waals surface area contributed by atoms with Gasteiger partial charge in [0.05, 0.1) is 6.10 Å². The lowest BCUT2D eigenvalue weighted by Gasteiger charge is -2.26. The molecule has 6 nitrogen and oxygen atoms in total. The number of aliphatic hydroxyl groups is 1. The molecule has 1 saturated heterocycles. The SMILES string of the molecule is O=S(=O)(c1cccnc1NCC(O)c1c(Cl)cccc1Cl)N1CCCCC1. The normalized spacial score (nSPS) is 16.9. The second kappa shape index (κ2) is 8.75. The van der Waals surface area contributed by atoms with Crippen LogP contribution in [-0.4, -0.2) is 42.4 Å². The molecule has 1 unspecified atom stereocenters. The van der Waals surface area contributed by atoms with Gasteiger partial charge in [-0.3, -0.25) is 0 Å². The van der Waals surface area contributed by atoms with Gasteiger partial charge >= 0.3 is 0 Å². The second-order valence-corrected chi connectivity index (χ2v) is 9.07. The molecular formula is C18H21Cl2N3O3S. The fourth-order valence-electron chi connectivity index (χ4n) is 3.10. The Bertz CT molecular complexity index is 882. The highest BCUT2D eigenvalue weighted by Gasteiger charge is 2.29. The van der Waals surface area contributed by atoms with Crippen molar-refractivity contribution in [1.29, 1.82) is 0 Å². The maximum Gasteiger partial charge on any atom is 0.246 e. The number of nitrogens with zero attached hydrogens (tertiary/aromatic N) is 2. The van der Waals surface area contributed by atoms with E-state index in [0.717, 1.165) is 19.3 Å². The number of hydrogen-bond donors (Lipinski definition) is 2. The third kappa shape index (κ3) is 4.55. The van der Waals surface area contributed by atoms with Crippen LogP contribution in [0, 0.1) is 0 Å². The van der Waals surface area contributed by atoms with E-state index in [-0.39, 0.29) is 17.3 Å². The Kier molecular flexibility index (Phi) is 6.60. The molecule has 1 atom stereocenters. The molecule has 2 N–H and O–H groups in total. The van der Waals surface area contributed by atoms with Gasteiger partial charge in [-0.1, -0.05) is 35.7 Å². The number of halogens is 2. The maximum absolute atomic E-state index is 13.0. The number of hydrogen-bond acceptors (Lipinski definition) is 5. The zero-order valence-electron chi connectivity index (χ0n) is 14.6. The summed E-state index contributed by atoms with van der Waals surface area (Å²) < 4.78 is 27.4. The summed E-state index contributed by atoms with van der Waals surface area (Å²) >= 11 is 12.2. The molecule has 0 saturated carbocycles. The highest BCUT2D eigenvalue weighted by atomic mass is 35.5. The molecule has 3 rings (SSSR count). The Morgan fingerprint density at radius 1 is 1.11 bits per heavy atom. The van der Waals surface area contributed by atoms with Crippen molar-refractivity contribution in [2.24, 2.45) is 0 Å². The third-order valence-corrected chi connectivity index (χ3v) is 7.09. The van der Waals surface area contributed by atoms with E-state index in [9.17, 15) is 13.5 Å². The third-order valence-electron chi connectivity index (χ3n) is 4.50. The number of rotatable bonds is 6. The minimum Gasteiger partial charge on any atom is -0.386 e. The Morgan fingerprint density at radius 2 is 1.78 bits per heavy atom. The molecule has 9 heteroatoms. The zero-order chi connectivity index (χ0) is 19.4. The van der Waals surface area contributed by atoms with Crippen molar-refractivity contribution in [2.75, 3.05) is 25.0 Å². The van der Waals surface area contributed by atoms with Gasteiger partial charge in [-0.2, -0.15) is 4.31 Å². The van der Waals surface area contributed by atoms with Crippen LogP contribution in [0.3, 0.4) is 0 Å². The molecule has 1 fully saturated rings. The van der Waals surface area contributed by atoms with Crippen LogP contribution in [0.1, 0.15) is 30.9 Å². The van der Waals surface area contributed by atoms with Crippen molar-refractivity contribution in [3.8, 4) is 0 Å². The highest BCUT2D eigenvalue weighted by molar-refractivity contribution is 7.89. The van der Waals surface area contributed by atoms with Crippen molar-refractivity contribution in [2.45, 2.75) is 30.3 Å². The molecule has 0 radical (unpaired) electrons. The van der Waals surface area contributed by atoms with Crippen LogP contribution < -0.4 is 5.32 Å². The number of aromatic nitrogens is 1. The lowest BCUT2D eigenvalue weighted by molar-refractivity contribution is 0.191. The van der Waals surface area contributed by atoms with Gasteiger partial charge in [0.1, 0.15) is 10.7 Å². The van der Waals surface area contributed by atoms with Crippen LogP contribution in [0.5, 0.6) is 0 Å². The van der Waals surface area contributed by atoms with E-state index in [1.807, 2.05) is 0 Å². The number of nitrogens with one attached hydrogen (secondary N) is 1. The van der Waals surface area contributed by atoms with E-state index in [2.05, 4.69) is 10.3 Å².